The Morgan fingerprint density at radius 1 is 1.38 bits per heavy atom. The van der Waals surface area contributed by atoms with Crippen LogP contribution in [-0.2, 0) is 6.42 Å². The van der Waals surface area contributed by atoms with Gasteiger partial charge in [-0.15, -0.1) is 11.8 Å². The molecular weight excluding hydrogens is 350 g/mol. The number of hydrogen-bond donors (Lipinski definition) is 2. The lowest BCUT2D eigenvalue weighted by atomic mass is 10.2. The molecule has 2 aromatic rings. The van der Waals surface area contributed by atoms with E-state index < -0.39 is 0 Å². The van der Waals surface area contributed by atoms with Crippen molar-refractivity contribution < 1.29 is 0 Å². The first-order valence-corrected chi connectivity index (χ1v) is 8.61. The standard InChI is InChI=1S/C14H20BrN5S/c1-10(2)20-14(17-9-18-20)7-11(19-16)8-21-13-6-4-3-5-12(13)15/h3-6,9-11,19H,7-8,16H2,1-2H3. The third-order valence-corrected chi connectivity index (χ3v) is 5.27. The van der Waals surface area contributed by atoms with E-state index in [9.17, 15) is 0 Å². The van der Waals surface area contributed by atoms with E-state index in [2.05, 4.69) is 51.4 Å². The second-order valence-corrected chi connectivity index (χ2v) is 6.94. The quantitative estimate of drug-likeness (QED) is 0.446. The van der Waals surface area contributed by atoms with E-state index in [1.165, 1.54) is 4.90 Å². The molecule has 1 unspecified atom stereocenters. The van der Waals surface area contributed by atoms with Crippen LogP contribution in [0.2, 0.25) is 0 Å². The predicted molar refractivity (Wildman–Crippen MR) is 90.1 cm³/mol. The molecule has 0 saturated heterocycles. The molecule has 1 atom stereocenters. The van der Waals surface area contributed by atoms with E-state index in [0.717, 1.165) is 22.5 Å². The number of benzene rings is 1. The Labute approximate surface area is 137 Å². The molecule has 1 aromatic heterocycles. The van der Waals surface area contributed by atoms with Crippen molar-refractivity contribution in [2.45, 2.75) is 37.2 Å². The van der Waals surface area contributed by atoms with Crippen LogP contribution in [0.1, 0.15) is 25.7 Å². The van der Waals surface area contributed by atoms with Gasteiger partial charge < -0.3 is 0 Å². The highest BCUT2D eigenvalue weighted by Gasteiger charge is 2.15. The van der Waals surface area contributed by atoms with Gasteiger partial charge in [0.25, 0.3) is 0 Å². The van der Waals surface area contributed by atoms with Gasteiger partial charge in [0, 0.05) is 33.6 Å². The van der Waals surface area contributed by atoms with Crippen LogP contribution in [0.25, 0.3) is 0 Å². The summed E-state index contributed by atoms with van der Waals surface area (Å²) in [7, 11) is 0. The molecule has 1 heterocycles. The highest BCUT2D eigenvalue weighted by Crippen LogP contribution is 2.27. The van der Waals surface area contributed by atoms with E-state index >= 15 is 0 Å². The molecule has 0 aliphatic rings. The number of aromatic nitrogens is 3. The first-order chi connectivity index (χ1) is 10.1. The van der Waals surface area contributed by atoms with Gasteiger partial charge in [-0.1, -0.05) is 12.1 Å². The summed E-state index contributed by atoms with van der Waals surface area (Å²) in [6.07, 6.45) is 2.36. The molecule has 0 bridgehead atoms. The number of hydrogen-bond acceptors (Lipinski definition) is 5. The second kappa shape index (κ2) is 7.93. The third kappa shape index (κ3) is 4.54. The SMILES string of the molecule is CC(C)n1ncnc1CC(CSc1ccccc1Br)NN. The normalized spacial score (nSPS) is 12.8. The Hall–Kier alpha value is -0.890. The molecule has 0 aliphatic heterocycles. The summed E-state index contributed by atoms with van der Waals surface area (Å²) in [5.74, 6) is 7.51. The number of nitrogens with zero attached hydrogens (tertiary/aromatic N) is 3. The van der Waals surface area contributed by atoms with E-state index in [-0.39, 0.29) is 6.04 Å². The maximum atomic E-state index is 5.69. The monoisotopic (exact) mass is 369 g/mol. The van der Waals surface area contributed by atoms with Gasteiger partial charge in [0.05, 0.1) is 0 Å². The van der Waals surface area contributed by atoms with Crippen molar-refractivity contribution in [1.82, 2.24) is 20.2 Å². The number of hydrazine groups is 1. The van der Waals surface area contributed by atoms with Crippen LogP contribution in [0.3, 0.4) is 0 Å². The lowest BCUT2D eigenvalue weighted by Crippen LogP contribution is -2.39. The van der Waals surface area contributed by atoms with Crippen molar-refractivity contribution in [3.05, 3.63) is 40.9 Å². The van der Waals surface area contributed by atoms with Crippen LogP contribution >= 0.6 is 27.7 Å². The molecule has 0 amide bonds. The lowest BCUT2D eigenvalue weighted by molar-refractivity contribution is 0.477. The van der Waals surface area contributed by atoms with Crippen molar-refractivity contribution in [3.63, 3.8) is 0 Å². The van der Waals surface area contributed by atoms with Gasteiger partial charge in [0.1, 0.15) is 12.2 Å². The zero-order chi connectivity index (χ0) is 15.2. The molecule has 3 N–H and O–H groups in total. The Balaban J connectivity index is 1.97. The molecule has 2 rings (SSSR count). The average molecular weight is 370 g/mol. The van der Waals surface area contributed by atoms with Crippen molar-refractivity contribution in [1.29, 1.82) is 0 Å². The minimum absolute atomic E-state index is 0.142. The van der Waals surface area contributed by atoms with Gasteiger partial charge >= 0.3 is 0 Å². The summed E-state index contributed by atoms with van der Waals surface area (Å²) in [4.78, 5) is 5.55. The van der Waals surface area contributed by atoms with Crippen LogP contribution < -0.4 is 11.3 Å². The summed E-state index contributed by atoms with van der Waals surface area (Å²) in [6, 6.07) is 8.63. The van der Waals surface area contributed by atoms with E-state index in [4.69, 9.17) is 5.84 Å². The van der Waals surface area contributed by atoms with Crippen LogP contribution in [0.4, 0.5) is 0 Å². The van der Waals surface area contributed by atoms with Crippen LogP contribution in [0.5, 0.6) is 0 Å². The maximum Gasteiger partial charge on any atom is 0.138 e. The van der Waals surface area contributed by atoms with Crippen LogP contribution in [0, 0.1) is 0 Å². The van der Waals surface area contributed by atoms with Gasteiger partial charge in [-0.25, -0.2) is 9.67 Å². The molecule has 0 radical (unpaired) electrons. The lowest BCUT2D eigenvalue weighted by Gasteiger charge is -2.17. The molecule has 1 aromatic carbocycles. The van der Waals surface area contributed by atoms with E-state index in [1.807, 2.05) is 22.9 Å². The zero-order valence-electron chi connectivity index (χ0n) is 12.2. The average Bonchev–Trinajstić information content (AvgIpc) is 2.93. The Bertz CT molecular complexity index is 572. The van der Waals surface area contributed by atoms with Crippen LogP contribution in [0.15, 0.2) is 40.0 Å². The minimum Gasteiger partial charge on any atom is -0.271 e. The molecule has 0 aliphatic carbocycles. The fourth-order valence-electron chi connectivity index (χ4n) is 1.99. The molecule has 0 spiro atoms. The number of nitrogens with two attached hydrogens (primary N) is 1. The Morgan fingerprint density at radius 2 is 2.14 bits per heavy atom. The fourth-order valence-corrected chi connectivity index (χ4v) is 3.59. The first-order valence-electron chi connectivity index (χ1n) is 6.83. The molecular formula is C14H20BrN5S. The Morgan fingerprint density at radius 3 is 2.81 bits per heavy atom. The van der Waals surface area contributed by atoms with E-state index in [1.54, 1.807) is 18.1 Å². The molecule has 0 saturated carbocycles. The van der Waals surface area contributed by atoms with Crippen LogP contribution in [-0.4, -0.2) is 26.6 Å². The fraction of sp³-hybridized carbons (Fsp3) is 0.429. The van der Waals surface area contributed by atoms with Gasteiger partial charge in [0.15, 0.2) is 0 Å². The van der Waals surface area contributed by atoms with Gasteiger partial charge in [-0.2, -0.15) is 5.10 Å². The number of halogens is 1. The maximum absolute atomic E-state index is 5.69. The highest BCUT2D eigenvalue weighted by atomic mass is 79.9. The van der Waals surface area contributed by atoms with Gasteiger partial charge in [-0.05, 0) is 41.9 Å². The largest absolute Gasteiger partial charge is 0.271 e. The van der Waals surface area contributed by atoms with Gasteiger partial charge in [0.2, 0.25) is 0 Å². The topological polar surface area (TPSA) is 68.8 Å². The summed E-state index contributed by atoms with van der Waals surface area (Å²) in [5.41, 5.74) is 2.88. The number of thioether (sulfide) groups is 1. The molecule has 5 nitrogen and oxygen atoms in total. The highest BCUT2D eigenvalue weighted by molar-refractivity contribution is 9.10. The molecule has 7 heteroatoms. The smallest absolute Gasteiger partial charge is 0.138 e. The van der Waals surface area contributed by atoms with Crippen molar-refractivity contribution in [2.24, 2.45) is 5.84 Å². The third-order valence-electron chi connectivity index (χ3n) is 3.08. The number of nitrogens with one attached hydrogen (secondary N) is 1. The summed E-state index contributed by atoms with van der Waals surface area (Å²) in [6.45, 7) is 4.19. The zero-order valence-corrected chi connectivity index (χ0v) is 14.6. The molecule has 114 valence electrons. The molecule has 0 fully saturated rings. The van der Waals surface area contributed by atoms with E-state index in [0.29, 0.717) is 6.04 Å². The molecule has 21 heavy (non-hydrogen) atoms. The van der Waals surface area contributed by atoms with Crippen molar-refractivity contribution in [3.8, 4) is 0 Å². The number of rotatable bonds is 7. The second-order valence-electron chi connectivity index (χ2n) is 5.02. The van der Waals surface area contributed by atoms with Crippen molar-refractivity contribution in [2.75, 3.05) is 5.75 Å². The van der Waals surface area contributed by atoms with Gasteiger partial charge in [-0.3, -0.25) is 11.3 Å². The summed E-state index contributed by atoms with van der Waals surface area (Å²) in [5, 5.41) is 4.26. The predicted octanol–water partition coefficient (Wildman–Crippen LogP) is 2.79. The summed E-state index contributed by atoms with van der Waals surface area (Å²) < 4.78 is 3.05. The summed E-state index contributed by atoms with van der Waals surface area (Å²) >= 11 is 5.33. The first kappa shape index (κ1) is 16.5. The van der Waals surface area contributed by atoms with Crippen molar-refractivity contribution >= 4 is 27.7 Å². The Kier molecular flexibility index (Phi) is 6.22. The minimum atomic E-state index is 0.142.